The van der Waals surface area contributed by atoms with Gasteiger partial charge in [-0.25, -0.2) is 4.39 Å². The van der Waals surface area contributed by atoms with E-state index in [0.29, 0.717) is 50.3 Å². The molecule has 7 heteroatoms. The van der Waals surface area contributed by atoms with Crippen molar-refractivity contribution in [2.75, 3.05) is 39.4 Å². The molecular formula is C21H26FN3O3. The fourth-order valence-electron chi connectivity index (χ4n) is 4.08. The van der Waals surface area contributed by atoms with Gasteiger partial charge in [0.2, 0.25) is 5.91 Å². The third-order valence-electron chi connectivity index (χ3n) is 5.72. The van der Waals surface area contributed by atoms with Crippen molar-refractivity contribution < 1.29 is 18.4 Å². The summed E-state index contributed by atoms with van der Waals surface area (Å²) in [5, 5.41) is 7.64. The van der Waals surface area contributed by atoms with E-state index in [9.17, 15) is 9.18 Å². The molecule has 1 aromatic carbocycles. The zero-order valence-electron chi connectivity index (χ0n) is 15.9. The van der Waals surface area contributed by atoms with Crippen LogP contribution in [0.2, 0.25) is 0 Å². The van der Waals surface area contributed by atoms with E-state index in [4.69, 9.17) is 9.26 Å². The van der Waals surface area contributed by atoms with Gasteiger partial charge in [-0.1, -0.05) is 5.16 Å². The Bertz CT molecular complexity index is 786. The monoisotopic (exact) mass is 387 g/mol. The maximum Gasteiger partial charge on any atom is 0.223 e. The van der Waals surface area contributed by atoms with Crippen molar-refractivity contribution in [3.63, 3.8) is 0 Å². The van der Waals surface area contributed by atoms with Crippen molar-refractivity contribution in [1.29, 1.82) is 0 Å². The molecule has 2 aromatic rings. The lowest BCUT2D eigenvalue weighted by molar-refractivity contribution is -0.136. The molecule has 2 aliphatic rings. The van der Waals surface area contributed by atoms with Crippen LogP contribution in [0, 0.1) is 17.7 Å². The lowest BCUT2D eigenvalue weighted by atomic mass is 9.81. The van der Waals surface area contributed by atoms with Crippen molar-refractivity contribution in [2.24, 2.45) is 11.8 Å². The standard InChI is InChI=1S/C21H26FN3O3/c22-18-3-1-15(2-4-18)20-13-19(24-28-20)11-17-14-23-6-5-16(17)12-21(26)25-7-9-27-10-8-25/h1-4,13,16-17,23H,5-12,14H2/t16-,17+/m0/s1. The summed E-state index contributed by atoms with van der Waals surface area (Å²) in [5.74, 6) is 1.27. The maximum absolute atomic E-state index is 13.1. The quantitative estimate of drug-likeness (QED) is 0.854. The predicted molar refractivity (Wildman–Crippen MR) is 102 cm³/mol. The highest BCUT2D eigenvalue weighted by atomic mass is 19.1. The highest BCUT2D eigenvalue weighted by molar-refractivity contribution is 5.76. The number of rotatable bonds is 5. The zero-order valence-corrected chi connectivity index (χ0v) is 15.9. The van der Waals surface area contributed by atoms with E-state index in [1.165, 1.54) is 12.1 Å². The van der Waals surface area contributed by atoms with Crippen LogP contribution in [0.1, 0.15) is 18.5 Å². The van der Waals surface area contributed by atoms with Crippen LogP contribution in [-0.2, 0) is 16.0 Å². The molecule has 0 spiro atoms. The van der Waals surface area contributed by atoms with Gasteiger partial charge in [0, 0.05) is 31.1 Å². The highest BCUT2D eigenvalue weighted by Crippen LogP contribution is 2.28. The number of ether oxygens (including phenoxy) is 1. The number of aromatic nitrogens is 1. The number of carbonyl (C=O) groups is 1. The van der Waals surface area contributed by atoms with Gasteiger partial charge >= 0.3 is 0 Å². The molecule has 4 rings (SSSR count). The normalized spacial score (nSPS) is 23.0. The number of benzene rings is 1. The van der Waals surface area contributed by atoms with Crippen LogP contribution in [0.5, 0.6) is 0 Å². The zero-order chi connectivity index (χ0) is 19.3. The fourth-order valence-corrected chi connectivity index (χ4v) is 4.08. The average Bonchev–Trinajstić information content (AvgIpc) is 3.19. The Morgan fingerprint density at radius 1 is 1.21 bits per heavy atom. The number of piperidine rings is 1. The van der Waals surface area contributed by atoms with E-state index in [1.807, 2.05) is 11.0 Å². The van der Waals surface area contributed by atoms with Gasteiger partial charge in [-0.05, 0) is 62.0 Å². The van der Waals surface area contributed by atoms with Crippen molar-refractivity contribution in [3.05, 3.63) is 41.8 Å². The minimum atomic E-state index is -0.274. The topological polar surface area (TPSA) is 67.6 Å². The number of nitrogens with zero attached hydrogens (tertiary/aromatic N) is 2. The summed E-state index contributed by atoms with van der Waals surface area (Å²) in [6.45, 7) is 4.47. The van der Waals surface area contributed by atoms with Gasteiger partial charge in [-0.15, -0.1) is 0 Å². The number of hydrogen-bond donors (Lipinski definition) is 1. The molecule has 1 aromatic heterocycles. The summed E-state index contributed by atoms with van der Waals surface area (Å²) >= 11 is 0. The minimum Gasteiger partial charge on any atom is -0.378 e. The van der Waals surface area contributed by atoms with Crippen LogP contribution in [0.25, 0.3) is 11.3 Å². The third-order valence-corrected chi connectivity index (χ3v) is 5.72. The Labute approximate surface area is 164 Å². The van der Waals surface area contributed by atoms with Gasteiger partial charge in [-0.2, -0.15) is 0 Å². The summed E-state index contributed by atoms with van der Waals surface area (Å²) in [4.78, 5) is 14.6. The number of carbonyl (C=O) groups excluding carboxylic acids is 1. The molecule has 3 heterocycles. The van der Waals surface area contributed by atoms with Gasteiger partial charge in [0.15, 0.2) is 5.76 Å². The molecule has 1 amide bonds. The van der Waals surface area contributed by atoms with Crippen molar-refractivity contribution in [1.82, 2.24) is 15.4 Å². The molecule has 28 heavy (non-hydrogen) atoms. The SMILES string of the molecule is O=C(C[C@@H]1CCNC[C@H]1Cc1cc(-c2ccc(F)cc2)on1)N1CCOCC1. The molecule has 2 saturated heterocycles. The van der Waals surface area contributed by atoms with Crippen LogP contribution >= 0.6 is 0 Å². The number of halogens is 1. The molecule has 0 radical (unpaired) electrons. The Morgan fingerprint density at radius 3 is 2.79 bits per heavy atom. The van der Waals surface area contributed by atoms with Crippen LogP contribution in [0.4, 0.5) is 4.39 Å². The van der Waals surface area contributed by atoms with Gasteiger partial charge in [-0.3, -0.25) is 4.79 Å². The third kappa shape index (κ3) is 4.59. The number of amides is 1. The van der Waals surface area contributed by atoms with E-state index in [-0.39, 0.29) is 11.7 Å². The molecule has 2 fully saturated rings. The first kappa shape index (κ1) is 19.1. The van der Waals surface area contributed by atoms with Crippen molar-refractivity contribution in [3.8, 4) is 11.3 Å². The lowest BCUT2D eigenvalue weighted by Crippen LogP contribution is -2.44. The second kappa shape index (κ2) is 8.84. The van der Waals surface area contributed by atoms with E-state index < -0.39 is 0 Å². The second-order valence-corrected chi connectivity index (χ2v) is 7.60. The largest absolute Gasteiger partial charge is 0.378 e. The molecule has 2 aliphatic heterocycles. The van der Waals surface area contributed by atoms with Gasteiger partial charge in [0.25, 0.3) is 0 Å². The molecule has 0 bridgehead atoms. The number of morpholine rings is 1. The van der Waals surface area contributed by atoms with Crippen LogP contribution < -0.4 is 5.32 Å². The number of hydrogen-bond acceptors (Lipinski definition) is 5. The molecule has 6 nitrogen and oxygen atoms in total. The molecule has 0 unspecified atom stereocenters. The minimum absolute atomic E-state index is 0.229. The predicted octanol–water partition coefficient (Wildman–Crippen LogP) is 2.50. The molecule has 2 atom stereocenters. The first-order valence-corrected chi connectivity index (χ1v) is 9.97. The molecule has 1 N–H and O–H groups in total. The van der Waals surface area contributed by atoms with Gasteiger partial charge in [0.1, 0.15) is 5.82 Å². The average molecular weight is 387 g/mol. The summed E-state index contributed by atoms with van der Waals surface area (Å²) < 4.78 is 23.9. The smallest absolute Gasteiger partial charge is 0.223 e. The highest BCUT2D eigenvalue weighted by Gasteiger charge is 2.30. The molecule has 150 valence electrons. The maximum atomic E-state index is 13.1. The van der Waals surface area contributed by atoms with Gasteiger partial charge in [0.05, 0.1) is 18.9 Å². The van der Waals surface area contributed by atoms with E-state index in [2.05, 4.69) is 10.5 Å². The first-order valence-electron chi connectivity index (χ1n) is 9.97. The first-order chi connectivity index (χ1) is 13.7. The second-order valence-electron chi connectivity index (χ2n) is 7.60. The molecular weight excluding hydrogens is 361 g/mol. The lowest BCUT2D eigenvalue weighted by Gasteiger charge is -2.34. The van der Waals surface area contributed by atoms with Crippen LogP contribution in [0.15, 0.2) is 34.9 Å². The Kier molecular flexibility index (Phi) is 6.02. The van der Waals surface area contributed by atoms with E-state index in [1.54, 1.807) is 12.1 Å². The number of nitrogens with one attached hydrogen (secondary N) is 1. The molecule has 0 saturated carbocycles. The Morgan fingerprint density at radius 2 is 2.00 bits per heavy atom. The van der Waals surface area contributed by atoms with E-state index >= 15 is 0 Å². The summed E-state index contributed by atoms with van der Waals surface area (Å²) in [7, 11) is 0. The van der Waals surface area contributed by atoms with Crippen LogP contribution in [0.3, 0.4) is 0 Å². The van der Waals surface area contributed by atoms with E-state index in [0.717, 1.165) is 37.2 Å². The van der Waals surface area contributed by atoms with Crippen molar-refractivity contribution >= 4 is 5.91 Å². The Balaban J connectivity index is 1.39. The summed E-state index contributed by atoms with van der Waals surface area (Å²) in [6.07, 6.45) is 2.33. The molecule has 0 aliphatic carbocycles. The fraction of sp³-hybridized carbons (Fsp3) is 0.524. The summed E-state index contributed by atoms with van der Waals surface area (Å²) in [5.41, 5.74) is 1.68. The Hall–Kier alpha value is -2.25. The van der Waals surface area contributed by atoms with Crippen LogP contribution in [-0.4, -0.2) is 55.4 Å². The van der Waals surface area contributed by atoms with Gasteiger partial charge < -0.3 is 19.5 Å². The summed E-state index contributed by atoms with van der Waals surface area (Å²) in [6, 6.07) is 8.12. The van der Waals surface area contributed by atoms with Crippen molar-refractivity contribution in [2.45, 2.75) is 19.3 Å².